The molecule has 8 heteroatoms. The van der Waals surface area contributed by atoms with Crippen LogP contribution in [-0.2, 0) is 25.5 Å². The van der Waals surface area contributed by atoms with Gasteiger partial charge in [-0.05, 0) is 32.4 Å². The van der Waals surface area contributed by atoms with E-state index >= 15 is 0 Å². The Kier molecular flexibility index (Phi) is 8.24. The zero-order valence-corrected chi connectivity index (χ0v) is 20.7. The van der Waals surface area contributed by atoms with Crippen molar-refractivity contribution in [2.24, 2.45) is 0 Å². The van der Waals surface area contributed by atoms with Gasteiger partial charge in [0, 0.05) is 29.4 Å². The van der Waals surface area contributed by atoms with E-state index in [9.17, 15) is 9.59 Å². The molecule has 6 nitrogen and oxygen atoms in total. The van der Waals surface area contributed by atoms with Crippen LogP contribution >= 0.6 is 22.9 Å². The number of rotatable bonds is 8. The van der Waals surface area contributed by atoms with Gasteiger partial charge in [0.1, 0.15) is 18.3 Å². The second-order valence-electron chi connectivity index (χ2n) is 8.47. The predicted octanol–water partition coefficient (Wildman–Crippen LogP) is 5.40. The minimum atomic E-state index is -0.877. The summed E-state index contributed by atoms with van der Waals surface area (Å²) in [5.74, 6) is -0.825. The largest absolute Gasteiger partial charge is 0.458 e. The Hall–Kier alpha value is -2.74. The first-order chi connectivity index (χ1) is 15.6. The van der Waals surface area contributed by atoms with Crippen molar-refractivity contribution in [1.29, 1.82) is 0 Å². The van der Waals surface area contributed by atoms with E-state index < -0.39 is 17.7 Å². The fraction of sp³-hybridized carbons (Fsp3) is 0.320. The second-order valence-corrected chi connectivity index (χ2v) is 9.71. The SMILES string of the molecule is CN(C(=O)[C@H](Cc1ccccc1)OCC(=O)OC(C)(C)C)c1nc(-c2ccccc2Cl)cs1. The van der Waals surface area contributed by atoms with Crippen molar-refractivity contribution in [2.45, 2.75) is 38.9 Å². The molecule has 3 rings (SSSR count). The molecule has 0 aliphatic heterocycles. The smallest absolute Gasteiger partial charge is 0.332 e. The number of nitrogens with zero attached hydrogens (tertiary/aromatic N) is 2. The molecule has 0 aliphatic rings. The average molecular weight is 487 g/mol. The third-order valence-electron chi connectivity index (χ3n) is 4.62. The first-order valence-corrected chi connectivity index (χ1v) is 11.7. The molecule has 1 atom stereocenters. The van der Waals surface area contributed by atoms with E-state index in [0.29, 0.717) is 22.3 Å². The molecule has 3 aromatic rings. The molecule has 0 saturated carbocycles. The topological polar surface area (TPSA) is 68.7 Å². The summed E-state index contributed by atoms with van der Waals surface area (Å²) >= 11 is 7.62. The van der Waals surface area contributed by atoms with E-state index in [1.807, 2.05) is 53.9 Å². The first-order valence-electron chi connectivity index (χ1n) is 10.5. The highest BCUT2D eigenvalue weighted by atomic mass is 35.5. The molecule has 1 amide bonds. The maximum absolute atomic E-state index is 13.3. The van der Waals surface area contributed by atoms with Gasteiger partial charge in [0.05, 0.1) is 5.69 Å². The number of carbonyl (C=O) groups excluding carboxylic acids is 2. The number of halogens is 1. The second kappa shape index (κ2) is 10.9. The summed E-state index contributed by atoms with van der Waals surface area (Å²) in [5.41, 5.74) is 1.77. The zero-order chi connectivity index (χ0) is 24.0. The van der Waals surface area contributed by atoms with Crippen molar-refractivity contribution in [3.05, 3.63) is 70.6 Å². The van der Waals surface area contributed by atoms with Crippen LogP contribution in [0.5, 0.6) is 0 Å². The first kappa shape index (κ1) is 24.9. The Labute approximate surface area is 203 Å². The van der Waals surface area contributed by atoms with Gasteiger partial charge in [-0.2, -0.15) is 0 Å². The van der Waals surface area contributed by atoms with Crippen LogP contribution in [0.2, 0.25) is 5.02 Å². The van der Waals surface area contributed by atoms with Crippen LogP contribution in [0.25, 0.3) is 11.3 Å². The number of hydrogen-bond acceptors (Lipinski definition) is 6. The fourth-order valence-electron chi connectivity index (χ4n) is 3.11. The standard InChI is InChI=1S/C25H27ClN2O4S/c1-25(2,3)32-22(29)15-31-21(14-17-10-6-5-7-11-17)23(30)28(4)24-27-20(16-33-24)18-12-8-9-13-19(18)26/h5-13,16,21H,14-15H2,1-4H3/t21-/m0/s1. The van der Waals surface area contributed by atoms with Crippen LogP contribution < -0.4 is 4.90 Å². The maximum atomic E-state index is 13.3. The minimum absolute atomic E-state index is 0.303. The van der Waals surface area contributed by atoms with Gasteiger partial charge in [-0.15, -0.1) is 11.3 Å². The van der Waals surface area contributed by atoms with Crippen molar-refractivity contribution in [2.75, 3.05) is 18.6 Å². The van der Waals surface area contributed by atoms with E-state index in [1.54, 1.807) is 33.9 Å². The highest BCUT2D eigenvalue weighted by Gasteiger charge is 2.28. The number of aromatic nitrogens is 1. The lowest BCUT2D eigenvalue weighted by Gasteiger charge is -2.24. The summed E-state index contributed by atoms with van der Waals surface area (Å²) in [5, 5.41) is 2.95. The molecule has 1 aromatic heterocycles. The van der Waals surface area contributed by atoms with Gasteiger partial charge in [0.15, 0.2) is 5.13 Å². The summed E-state index contributed by atoms with van der Waals surface area (Å²) in [6.07, 6.45) is -0.562. The van der Waals surface area contributed by atoms with Crippen LogP contribution in [0, 0.1) is 0 Å². The Bertz CT molecular complexity index is 1100. The molecule has 0 spiro atoms. The van der Waals surface area contributed by atoms with Gasteiger partial charge in [-0.25, -0.2) is 9.78 Å². The van der Waals surface area contributed by atoms with Crippen molar-refractivity contribution < 1.29 is 19.1 Å². The van der Waals surface area contributed by atoms with E-state index in [4.69, 9.17) is 21.1 Å². The molecule has 33 heavy (non-hydrogen) atoms. The molecule has 0 aliphatic carbocycles. The summed E-state index contributed by atoms with van der Waals surface area (Å²) in [6, 6.07) is 16.9. The maximum Gasteiger partial charge on any atom is 0.332 e. The highest BCUT2D eigenvalue weighted by Crippen LogP contribution is 2.31. The number of carbonyl (C=O) groups is 2. The Balaban J connectivity index is 1.77. The van der Waals surface area contributed by atoms with Gasteiger partial charge in [0.2, 0.25) is 0 Å². The number of likely N-dealkylation sites (N-methyl/N-ethyl adjacent to an activating group) is 1. The van der Waals surface area contributed by atoms with E-state index in [2.05, 4.69) is 4.98 Å². The number of benzene rings is 2. The molecule has 0 N–H and O–H groups in total. The van der Waals surface area contributed by atoms with Crippen molar-refractivity contribution in [1.82, 2.24) is 4.98 Å². The molecule has 0 radical (unpaired) electrons. The molecule has 0 bridgehead atoms. The molecular weight excluding hydrogens is 460 g/mol. The summed E-state index contributed by atoms with van der Waals surface area (Å²) in [4.78, 5) is 31.6. The third-order valence-corrected chi connectivity index (χ3v) is 5.87. The molecular formula is C25H27ClN2O4S. The van der Waals surface area contributed by atoms with Crippen molar-refractivity contribution in [3.8, 4) is 11.3 Å². The Morgan fingerprint density at radius 3 is 2.42 bits per heavy atom. The van der Waals surface area contributed by atoms with Gasteiger partial charge in [-0.3, -0.25) is 9.69 Å². The predicted molar refractivity (Wildman–Crippen MR) is 132 cm³/mol. The Morgan fingerprint density at radius 2 is 1.76 bits per heavy atom. The van der Waals surface area contributed by atoms with Crippen LogP contribution in [0.1, 0.15) is 26.3 Å². The highest BCUT2D eigenvalue weighted by molar-refractivity contribution is 7.14. The van der Waals surface area contributed by atoms with Gasteiger partial charge < -0.3 is 9.47 Å². The lowest BCUT2D eigenvalue weighted by Crippen LogP contribution is -2.41. The fourth-order valence-corrected chi connectivity index (χ4v) is 4.13. The van der Waals surface area contributed by atoms with E-state index in [1.165, 1.54) is 16.2 Å². The number of hydrogen-bond donors (Lipinski definition) is 0. The number of anilines is 1. The van der Waals surface area contributed by atoms with Gasteiger partial charge in [-0.1, -0.05) is 60.1 Å². The number of amides is 1. The van der Waals surface area contributed by atoms with Gasteiger partial charge in [0.25, 0.3) is 5.91 Å². The lowest BCUT2D eigenvalue weighted by molar-refractivity contribution is -0.163. The number of esters is 1. The van der Waals surface area contributed by atoms with Gasteiger partial charge >= 0.3 is 5.97 Å². The van der Waals surface area contributed by atoms with Crippen LogP contribution in [0.4, 0.5) is 5.13 Å². The van der Waals surface area contributed by atoms with Crippen molar-refractivity contribution in [3.63, 3.8) is 0 Å². The molecule has 2 aromatic carbocycles. The molecule has 0 fully saturated rings. The summed E-state index contributed by atoms with van der Waals surface area (Å²) in [7, 11) is 1.65. The normalized spacial score (nSPS) is 12.3. The zero-order valence-electron chi connectivity index (χ0n) is 19.1. The molecule has 174 valence electrons. The quantitative estimate of drug-likeness (QED) is 0.399. The third kappa shape index (κ3) is 7.12. The van der Waals surface area contributed by atoms with Crippen LogP contribution in [0.3, 0.4) is 0 Å². The van der Waals surface area contributed by atoms with E-state index in [0.717, 1.165) is 11.1 Å². The van der Waals surface area contributed by atoms with Crippen LogP contribution in [0.15, 0.2) is 60.0 Å². The van der Waals surface area contributed by atoms with E-state index in [-0.39, 0.29) is 12.5 Å². The monoisotopic (exact) mass is 486 g/mol. The minimum Gasteiger partial charge on any atom is -0.458 e. The van der Waals surface area contributed by atoms with Crippen molar-refractivity contribution >= 4 is 39.9 Å². The summed E-state index contributed by atoms with van der Waals surface area (Å²) in [6.45, 7) is 5.02. The lowest BCUT2D eigenvalue weighted by atomic mass is 10.1. The van der Waals surface area contributed by atoms with Crippen LogP contribution in [-0.4, -0.2) is 42.2 Å². The number of thiazole rings is 1. The summed E-state index contributed by atoms with van der Waals surface area (Å²) < 4.78 is 11.1. The number of ether oxygens (including phenoxy) is 2. The average Bonchev–Trinajstić information content (AvgIpc) is 3.25. The molecule has 0 saturated heterocycles. The molecule has 0 unspecified atom stereocenters. The Morgan fingerprint density at radius 1 is 1.09 bits per heavy atom. The molecule has 1 heterocycles.